The molecule has 0 unspecified atom stereocenters. The Balaban J connectivity index is 2.42. The smallest absolute Gasteiger partial charge is 0.224 e. The molecule has 0 bridgehead atoms. The lowest BCUT2D eigenvalue weighted by atomic mass is 10.1. The molecule has 0 aliphatic heterocycles. The van der Waals surface area contributed by atoms with Crippen LogP contribution in [0.15, 0.2) is 24.3 Å². The van der Waals surface area contributed by atoms with E-state index in [1.54, 1.807) is 0 Å². The normalized spacial score (nSPS) is 11.6. The van der Waals surface area contributed by atoms with Gasteiger partial charge in [-0.3, -0.25) is 0 Å². The van der Waals surface area contributed by atoms with E-state index in [0.29, 0.717) is 11.2 Å². The molecule has 2 aromatic rings. The highest BCUT2D eigenvalue weighted by Gasteiger charge is 2.15. The van der Waals surface area contributed by atoms with Gasteiger partial charge >= 0.3 is 0 Å². The van der Waals surface area contributed by atoms with Gasteiger partial charge in [-0.1, -0.05) is 26.0 Å². The van der Waals surface area contributed by atoms with Crippen molar-refractivity contribution in [3.05, 3.63) is 29.5 Å². The van der Waals surface area contributed by atoms with Crippen LogP contribution in [0.25, 0.3) is 10.9 Å². The van der Waals surface area contributed by atoms with Crippen LogP contribution in [0.5, 0.6) is 0 Å². The van der Waals surface area contributed by atoms with E-state index in [1.807, 2.05) is 18.2 Å². The minimum absolute atomic E-state index is 0.308. The van der Waals surface area contributed by atoms with E-state index in [4.69, 9.17) is 11.6 Å². The second-order valence-electron chi connectivity index (χ2n) is 5.98. The second kappa shape index (κ2) is 7.05. The molecule has 0 aliphatic rings. The van der Waals surface area contributed by atoms with Crippen molar-refractivity contribution in [1.82, 2.24) is 14.9 Å². The molecule has 1 heterocycles. The lowest BCUT2D eigenvalue weighted by molar-refractivity contribution is 0.408. The predicted octanol–water partition coefficient (Wildman–Crippen LogP) is 3.31. The van der Waals surface area contributed by atoms with Crippen molar-refractivity contribution in [3.8, 4) is 0 Å². The van der Waals surface area contributed by atoms with Gasteiger partial charge in [-0.15, -0.1) is 0 Å². The third-order valence-electron chi connectivity index (χ3n) is 3.26. The van der Waals surface area contributed by atoms with Crippen LogP contribution in [-0.4, -0.2) is 48.6 Å². The van der Waals surface area contributed by atoms with Crippen LogP contribution in [-0.2, 0) is 0 Å². The van der Waals surface area contributed by atoms with E-state index < -0.39 is 0 Å². The maximum absolute atomic E-state index is 6.11. The number of hydrogen-bond donors (Lipinski definition) is 0. The Kier molecular flexibility index (Phi) is 5.37. The summed E-state index contributed by atoms with van der Waals surface area (Å²) >= 11 is 6.11. The molecule has 1 aromatic carbocycles. The van der Waals surface area contributed by atoms with Gasteiger partial charge in [0.15, 0.2) is 0 Å². The summed E-state index contributed by atoms with van der Waals surface area (Å²) in [7, 11) is 4.16. The van der Waals surface area contributed by atoms with E-state index in [2.05, 4.69) is 53.8 Å². The fourth-order valence-corrected chi connectivity index (χ4v) is 2.49. The molecule has 0 fully saturated rings. The van der Waals surface area contributed by atoms with Gasteiger partial charge in [-0.25, -0.2) is 4.98 Å². The van der Waals surface area contributed by atoms with Gasteiger partial charge in [0.05, 0.1) is 5.52 Å². The van der Waals surface area contributed by atoms with E-state index in [-0.39, 0.29) is 0 Å². The fourth-order valence-electron chi connectivity index (χ4n) is 2.32. The Morgan fingerprint density at radius 1 is 1.10 bits per heavy atom. The number of benzene rings is 1. The highest BCUT2D eigenvalue weighted by atomic mass is 35.5. The van der Waals surface area contributed by atoms with Gasteiger partial charge in [-0.05, 0) is 43.7 Å². The van der Waals surface area contributed by atoms with Crippen molar-refractivity contribution in [3.63, 3.8) is 0 Å². The van der Waals surface area contributed by atoms with Crippen LogP contribution in [0, 0.1) is 5.92 Å². The lowest BCUT2D eigenvalue weighted by Gasteiger charge is -2.28. The number of halogens is 1. The standard InChI is InChI=1S/C16H23ClN4/c1-12(2)11-21(10-9-20(3)4)15-13-7-5-6-8-14(13)18-16(17)19-15/h5-8,12H,9-11H2,1-4H3. The zero-order valence-electron chi connectivity index (χ0n) is 13.2. The minimum Gasteiger partial charge on any atom is -0.354 e. The maximum atomic E-state index is 6.11. The third kappa shape index (κ3) is 4.29. The van der Waals surface area contributed by atoms with E-state index in [9.17, 15) is 0 Å². The van der Waals surface area contributed by atoms with Gasteiger partial charge in [0, 0.05) is 25.0 Å². The first kappa shape index (κ1) is 16.0. The Hall–Kier alpha value is -1.39. The topological polar surface area (TPSA) is 32.3 Å². The third-order valence-corrected chi connectivity index (χ3v) is 3.43. The van der Waals surface area contributed by atoms with Gasteiger partial charge in [0.1, 0.15) is 5.82 Å². The molecule has 0 saturated heterocycles. The van der Waals surface area contributed by atoms with Crippen molar-refractivity contribution in [2.75, 3.05) is 38.6 Å². The van der Waals surface area contributed by atoms with Crippen LogP contribution in [0.4, 0.5) is 5.82 Å². The molecule has 2 rings (SSSR count). The van der Waals surface area contributed by atoms with Gasteiger partial charge < -0.3 is 9.80 Å². The molecule has 114 valence electrons. The summed E-state index contributed by atoms with van der Waals surface area (Å²) in [6, 6.07) is 8.03. The Morgan fingerprint density at radius 2 is 1.81 bits per heavy atom. The molecule has 0 atom stereocenters. The first-order valence-electron chi connectivity index (χ1n) is 7.29. The first-order valence-corrected chi connectivity index (χ1v) is 7.67. The maximum Gasteiger partial charge on any atom is 0.224 e. The van der Waals surface area contributed by atoms with Crippen LogP contribution in [0.2, 0.25) is 5.28 Å². The molecule has 0 radical (unpaired) electrons. The van der Waals surface area contributed by atoms with Crippen molar-refractivity contribution < 1.29 is 0 Å². The number of fused-ring (bicyclic) bond motifs is 1. The van der Waals surface area contributed by atoms with E-state index >= 15 is 0 Å². The molecule has 0 amide bonds. The molecule has 0 spiro atoms. The minimum atomic E-state index is 0.308. The largest absolute Gasteiger partial charge is 0.354 e. The summed E-state index contributed by atoms with van der Waals surface area (Å²) in [5.41, 5.74) is 0.895. The summed E-state index contributed by atoms with van der Waals surface area (Å²) < 4.78 is 0. The highest BCUT2D eigenvalue weighted by molar-refractivity contribution is 6.28. The number of nitrogens with zero attached hydrogens (tertiary/aromatic N) is 4. The Labute approximate surface area is 131 Å². The number of likely N-dealkylation sites (N-methyl/N-ethyl adjacent to an activating group) is 1. The SMILES string of the molecule is CC(C)CN(CCN(C)C)c1nc(Cl)nc2ccccc12. The number of hydrogen-bond acceptors (Lipinski definition) is 4. The fraction of sp³-hybridized carbons (Fsp3) is 0.500. The zero-order valence-corrected chi connectivity index (χ0v) is 13.9. The van der Waals surface area contributed by atoms with Crippen LogP contribution in [0.3, 0.4) is 0 Å². The van der Waals surface area contributed by atoms with Gasteiger partial charge in [0.2, 0.25) is 5.28 Å². The van der Waals surface area contributed by atoms with E-state index in [1.165, 1.54) is 0 Å². The zero-order chi connectivity index (χ0) is 15.4. The molecule has 1 aromatic heterocycles. The first-order chi connectivity index (χ1) is 9.97. The average molecular weight is 307 g/mol. The summed E-state index contributed by atoms with van der Waals surface area (Å²) in [6.45, 7) is 7.28. The molecule has 5 heteroatoms. The summed E-state index contributed by atoms with van der Waals surface area (Å²) in [4.78, 5) is 13.3. The van der Waals surface area contributed by atoms with Crippen molar-refractivity contribution >= 4 is 28.3 Å². The molecule has 0 N–H and O–H groups in total. The number of anilines is 1. The van der Waals surface area contributed by atoms with Crippen LogP contribution in [0.1, 0.15) is 13.8 Å². The summed E-state index contributed by atoms with van der Waals surface area (Å²) in [5.74, 6) is 1.49. The molecular weight excluding hydrogens is 284 g/mol. The second-order valence-corrected chi connectivity index (χ2v) is 6.31. The molecular formula is C16H23ClN4. The van der Waals surface area contributed by atoms with Crippen molar-refractivity contribution in [1.29, 1.82) is 0 Å². The van der Waals surface area contributed by atoms with Crippen molar-refractivity contribution in [2.24, 2.45) is 5.92 Å². The molecule has 4 nitrogen and oxygen atoms in total. The number of rotatable bonds is 6. The monoisotopic (exact) mass is 306 g/mol. The van der Waals surface area contributed by atoms with Gasteiger partial charge in [0.25, 0.3) is 0 Å². The molecule has 0 saturated carbocycles. The number of aromatic nitrogens is 2. The number of para-hydroxylation sites is 1. The molecule has 0 aliphatic carbocycles. The molecule has 21 heavy (non-hydrogen) atoms. The van der Waals surface area contributed by atoms with Crippen molar-refractivity contribution in [2.45, 2.75) is 13.8 Å². The van der Waals surface area contributed by atoms with Crippen LogP contribution < -0.4 is 4.90 Å². The van der Waals surface area contributed by atoms with Gasteiger partial charge in [-0.2, -0.15) is 4.98 Å². The highest BCUT2D eigenvalue weighted by Crippen LogP contribution is 2.25. The predicted molar refractivity (Wildman–Crippen MR) is 90.2 cm³/mol. The summed E-state index contributed by atoms with van der Waals surface area (Å²) in [6.07, 6.45) is 0. The Morgan fingerprint density at radius 3 is 2.48 bits per heavy atom. The van der Waals surface area contributed by atoms with Crippen LogP contribution >= 0.6 is 11.6 Å². The lowest BCUT2D eigenvalue weighted by Crippen LogP contribution is -2.35. The Bertz CT molecular complexity index is 598. The summed E-state index contributed by atoms with van der Waals surface area (Å²) in [5, 5.41) is 1.36. The van der Waals surface area contributed by atoms with E-state index in [0.717, 1.165) is 36.4 Å². The average Bonchev–Trinajstić information content (AvgIpc) is 2.42. The quantitative estimate of drug-likeness (QED) is 0.767.